The Morgan fingerprint density at radius 1 is 0.830 bits per heavy atom. The molecule has 2 aliphatic carbocycles. The molecule has 7 aromatic rings. The van der Waals surface area contributed by atoms with Gasteiger partial charge in [-0.15, -0.1) is 11.3 Å². The van der Waals surface area contributed by atoms with Crippen molar-refractivity contribution in [1.82, 2.24) is 45.0 Å². The van der Waals surface area contributed by atoms with E-state index in [9.17, 15) is 37.5 Å². The van der Waals surface area contributed by atoms with Gasteiger partial charge in [0.25, 0.3) is 11.8 Å². The molecule has 2 saturated carbocycles. The van der Waals surface area contributed by atoms with Crippen LogP contribution in [0.3, 0.4) is 0 Å². The third-order valence-corrected chi connectivity index (χ3v) is 22.1. The number of nitrogens with one attached hydrogen (secondary N) is 4. The fourth-order valence-corrected chi connectivity index (χ4v) is 16.3. The highest BCUT2D eigenvalue weighted by Gasteiger charge is 2.45. The Morgan fingerprint density at radius 2 is 1.59 bits per heavy atom. The number of hydrogen-bond acceptors (Lipinski definition) is 15. The third kappa shape index (κ3) is 13.9. The summed E-state index contributed by atoms with van der Waals surface area (Å²) in [5.41, 5.74) is 9.04. The van der Waals surface area contributed by atoms with Gasteiger partial charge in [0.15, 0.2) is 5.13 Å². The van der Waals surface area contributed by atoms with Crippen LogP contribution in [0.1, 0.15) is 160 Å². The lowest BCUT2D eigenvalue weighted by Gasteiger charge is -2.35. The number of benzene rings is 3. The van der Waals surface area contributed by atoms with E-state index >= 15 is 0 Å². The molecule has 0 bridgehead atoms. The van der Waals surface area contributed by atoms with Gasteiger partial charge in [0, 0.05) is 61.4 Å². The number of aryl methyl sites for hydroxylation is 1. The number of sulfonamides is 1. The zero-order valence-corrected chi connectivity index (χ0v) is 53.3. The number of likely N-dealkylation sites (tertiary alicyclic amines) is 1. The summed E-state index contributed by atoms with van der Waals surface area (Å²) in [5.74, 6) is -1.36. The van der Waals surface area contributed by atoms with Crippen LogP contribution in [0.15, 0.2) is 90.6 Å². The first kappa shape index (κ1) is 62.2. The van der Waals surface area contributed by atoms with Crippen LogP contribution in [0, 0.1) is 31.1 Å². The lowest BCUT2D eigenvalue weighted by Crippen LogP contribution is -2.57. The number of anilines is 2. The highest BCUT2D eigenvalue weighted by atomic mass is 32.2. The highest BCUT2D eigenvalue weighted by molar-refractivity contribution is 7.90. The third-order valence-electron chi connectivity index (χ3n) is 18.3. The van der Waals surface area contributed by atoms with E-state index in [0.717, 1.165) is 68.1 Å². The normalized spacial score (nSPS) is 19.9. The number of aliphatic hydroxyl groups excluding tert-OH is 1. The first-order valence-electron chi connectivity index (χ1n) is 30.9. The fourth-order valence-electron chi connectivity index (χ4n) is 13.2. The van der Waals surface area contributed by atoms with Crippen LogP contribution in [-0.2, 0) is 43.9 Å². The van der Waals surface area contributed by atoms with E-state index < -0.39 is 56.6 Å². The Kier molecular flexibility index (Phi) is 18.6. The molecule has 5 N–H and O–H groups in total. The molecule has 11 rings (SSSR count). The summed E-state index contributed by atoms with van der Waals surface area (Å²) in [4.78, 5) is 89.2. The number of carbonyl (C=O) groups excluding carboxylic acids is 5. The molecular formula is C66H79N11O8S3. The van der Waals surface area contributed by atoms with Crippen molar-refractivity contribution in [2.45, 2.75) is 168 Å². The molecule has 19 nitrogen and oxygen atoms in total. The van der Waals surface area contributed by atoms with Crippen molar-refractivity contribution in [3.8, 4) is 21.6 Å². The summed E-state index contributed by atoms with van der Waals surface area (Å²) >= 11 is 2.97. The summed E-state index contributed by atoms with van der Waals surface area (Å²) in [6.07, 6.45) is 9.42. The molecule has 6 heterocycles. The van der Waals surface area contributed by atoms with Crippen molar-refractivity contribution >= 4 is 83.4 Å². The van der Waals surface area contributed by atoms with Crippen LogP contribution in [0.5, 0.6) is 0 Å². The van der Waals surface area contributed by atoms with Gasteiger partial charge in [0.05, 0.1) is 49.9 Å². The Balaban J connectivity index is 0.729. The van der Waals surface area contributed by atoms with E-state index in [2.05, 4.69) is 30.6 Å². The molecule has 0 radical (unpaired) electrons. The molecule has 3 aromatic carbocycles. The minimum Gasteiger partial charge on any atom is -0.391 e. The molecule has 4 aliphatic rings. The second-order valence-electron chi connectivity index (χ2n) is 25.5. The molecule has 0 unspecified atom stereocenters. The molecule has 0 spiro atoms. The molecule has 4 aromatic heterocycles. The van der Waals surface area contributed by atoms with Crippen LogP contribution in [-0.4, -0.2) is 109 Å². The van der Waals surface area contributed by atoms with Crippen molar-refractivity contribution in [1.29, 1.82) is 0 Å². The van der Waals surface area contributed by atoms with Crippen LogP contribution < -0.4 is 25.6 Å². The first-order valence-corrected chi connectivity index (χ1v) is 34.1. The monoisotopic (exact) mass is 1250 g/mol. The SMILES string of the molecule is Cc1ncsc1-c1ccc([C@H](C)NC(=O)[C@@H]2C[C@@H](O)CN2C(=O)[C@@H](NC(=O)CCC2CCC(S(=O)(=O)NC(=O)c3nc(N4CCc5cccc(C(=O)Nc6nc7ccccc7s6)c5C4)ccc3-c3cnn(CC4CCCCC4)c3C)CC2)C(C)(C)C)cc1. The zero-order chi connectivity index (χ0) is 62.0. The summed E-state index contributed by atoms with van der Waals surface area (Å²) in [5, 5.41) is 24.3. The maximum absolute atomic E-state index is 14.7. The molecule has 2 aliphatic heterocycles. The molecule has 5 amide bonds. The van der Waals surface area contributed by atoms with Gasteiger partial charge in [0.1, 0.15) is 23.6 Å². The van der Waals surface area contributed by atoms with Gasteiger partial charge in [0.2, 0.25) is 27.7 Å². The van der Waals surface area contributed by atoms with E-state index in [1.165, 1.54) is 35.5 Å². The number of amides is 5. The number of nitrogens with zero attached hydrogens (tertiary/aromatic N) is 7. The van der Waals surface area contributed by atoms with Gasteiger partial charge in [-0.2, -0.15) is 5.10 Å². The zero-order valence-electron chi connectivity index (χ0n) is 50.9. The Morgan fingerprint density at radius 3 is 2.32 bits per heavy atom. The van der Waals surface area contributed by atoms with Crippen molar-refractivity contribution in [2.75, 3.05) is 23.3 Å². The van der Waals surface area contributed by atoms with Gasteiger partial charge < -0.3 is 25.5 Å². The molecule has 88 heavy (non-hydrogen) atoms. The van der Waals surface area contributed by atoms with E-state index in [1.807, 2.05) is 129 Å². The smallest absolute Gasteiger partial charge is 0.284 e. The Labute approximate surface area is 522 Å². The maximum atomic E-state index is 14.7. The van der Waals surface area contributed by atoms with Gasteiger partial charge in [-0.25, -0.2) is 28.1 Å². The van der Waals surface area contributed by atoms with Crippen LogP contribution >= 0.6 is 22.7 Å². The average molecular weight is 1250 g/mol. The second-order valence-corrected chi connectivity index (χ2v) is 29.3. The van der Waals surface area contributed by atoms with Crippen molar-refractivity contribution in [3.05, 3.63) is 130 Å². The van der Waals surface area contributed by atoms with Crippen LogP contribution in [0.25, 0.3) is 31.8 Å². The number of para-hydroxylation sites is 1. The molecule has 464 valence electrons. The van der Waals surface area contributed by atoms with E-state index in [4.69, 9.17) is 10.1 Å². The Hall–Kier alpha value is -7.40. The predicted octanol–water partition coefficient (Wildman–Crippen LogP) is 10.5. The molecule has 22 heteroatoms. The quantitative estimate of drug-likeness (QED) is 0.0537. The first-order chi connectivity index (χ1) is 42.2. The van der Waals surface area contributed by atoms with Crippen molar-refractivity contribution in [3.63, 3.8) is 0 Å². The lowest BCUT2D eigenvalue weighted by molar-refractivity contribution is -0.144. The standard InChI is InChI=1S/C66H79N11O8S3/c1-39(44-22-24-46(25-23-44)59-40(2)67-38-86-59)69-62(81)54-33-47(78)36-76(54)64(83)60(66(4,5)6)72-57(79)30-21-42-19-26-48(27-20-42)88(84,85)74-63(82)58-49(51-34-68-77(41(51)3)35-43-13-8-7-9-14-43)28-29-56(71-58)75-32-31-45-15-12-16-50(52(45)37-75)61(80)73-65-70-53-17-10-11-18-55(53)87-65/h10-12,15-18,22-25,28-29,34,38-39,42-43,47-48,54,60,78H,7-9,13-14,19-21,26-27,30-33,35-37H2,1-6H3,(H,69,81)(H,72,79)(H,74,82)(H,70,73,80)/t39-,42?,47+,48?,54-,60+/m0/s1. The van der Waals surface area contributed by atoms with Crippen molar-refractivity contribution < 1.29 is 37.5 Å². The summed E-state index contributed by atoms with van der Waals surface area (Å²) in [6.45, 7) is 12.9. The number of aliphatic hydroxyl groups is 1. The summed E-state index contributed by atoms with van der Waals surface area (Å²) in [7, 11) is -4.22. The average Bonchev–Trinajstić information content (AvgIpc) is 2.31. The number of aromatic nitrogens is 5. The number of fused-ring (bicyclic) bond motifs is 2. The number of pyridine rings is 1. The van der Waals surface area contributed by atoms with E-state index in [1.54, 1.807) is 23.6 Å². The molecule has 3 fully saturated rings. The number of rotatable bonds is 18. The second kappa shape index (κ2) is 26.4. The number of carbonyl (C=O) groups is 5. The minimum atomic E-state index is -4.22. The summed E-state index contributed by atoms with van der Waals surface area (Å²) in [6, 6.07) is 22.7. The van der Waals surface area contributed by atoms with Crippen molar-refractivity contribution in [2.24, 2.45) is 17.3 Å². The Bertz CT molecular complexity index is 3810. The maximum Gasteiger partial charge on any atom is 0.284 e. The molecular weight excluding hydrogens is 1170 g/mol. The number of thiazole rings is 2. The van der Waals surface area contributed by atoms with Gasteiger partial charge in [-0.3, -0.25) is 34.0 Å². The topological polar surface area (TPSA) is 251 Å². The lowest BCUT2D eigenvalue weighted by atomic mass is 9.84. The largest absolute Gasteiger partial charge is 0.391 e. The van der Waals surface area contributed by atoms with Crippen LogP contribution in [0.4, 0.5) is 10.9 Å². The number of β-amino-alcohol motifs (C(OH)–C–C–N with tert-alkyl or cyclic N) is 1. The van der Waals surface area contributed by atoms with Crippen LogP contribution in [0.2, 0.25) is 0 Å². The van der Waals surface area contributed by atoms with Gasteiger partial charge in [-0.05, 0) is 142 Å². The predicted molar refractivity (Wildman–Crippen MR) is 343 cm³/mol. The molecule has 4 atom stereocenters. The number of hydrogen-bond donors (Lipinski definition) is 5. The minimum absolute atomic E-state index is 0.0142. The highest BCUT2D eigenvalue weighted by Crippen LogP contribution is 2.37. The van der Waals surface area contributed by atoms with E-state index in [-0.39, 0.29) is 61.7 Å². The van der Waals surface area contributed by atoms with E-state index in [0.29, 0.717) is 72.3 Å². The summed E-state index contributed by atoms with van der Waals surface area (Å²) < 4.78 is 34.1. The molecule has 1 saturated heterocycles. The van der Waals surface area contributed by atoms with Gasteiger partial charge >= 0.3 is 0 Å². The van der Waals surface area contributed by atoms with Gasteiger partial charge in [-0.1, -0.05) is 99.9 Å². The fraction of sp³-hybridized carbons (Fsp3) is 0.470.